The molecule has 2 rings (SSSR count). The van der Waals surface area contributed by atoms with E-state index in [0.29, 0.717) is 23.6 Å². The molecule has 0 saturated carbocycles. The van der Waals surface area contributed by atoms with Crippen molar-refractivity contribution in [3.8, 4) is 0 Å². The van der Waals surface area contributed by atoms with Crippen molar-refractivity contribution in [1.29, 1.82) is 0 Å². The number of halogens is 2. The molecule has 1 atom stereocenters. The van der Waals surface area contributed by atoms with Gasteiger partial charge in [-0.25, -0.2) is 4.39 Å². The van der Waals surface area contributed by atoms with Crippen LogP contribution in [0.3, 0.4) is 0 Å². The highest BCUT2D eigenvalue weighted by Gasteiger charge is 2.24. The number of nitrogens with one attached hydrogen (secondary N) is 2. The van der Waals surface area contributed by atoms with Gasteiger partial charge in [-0.1, -0.05) is 37.6 Å². The smallest absolute Gasteiger partial charge is 0.251 e. The summed E-state index contributed by atoms with van der Waals surface area (Å²) in [6.07, 6.45) is 0.666. The summed E-state index contributed by atoms with van der Waals surface area (Å²) >= 11 is 5.85. The fraction of sp³-hybridized carbons (Fsp3) is 0.300. The lowest BCUT2D eigenvalue weighted by atomic mass is 10.0. The Morgan fingerprint density at radius 2 is 1.65 bits per heavy atom. The second-order valence-electron chi connectivity index (χ2n) is 6.37. The summed E-state index contributed by atoms with van der Waals surface area (Å²) in [4.78, 5) is 24.7. The monoisotopic (exact) mass is 376 g/mol. The second-order valence-corrected chi connectivity index (χ2v) is 6.81. The number of hydrogen-bond donors (Lipinski definition) is 2. The van der Waals surface area contributed by atoms with Crippen molar-refractivity contribution in [1.82, 2.24) is 10.6 Å². The van der Waals surface area contributed by atoms with Gasteiger partial charge in [-0.15, -0.1) is 0 Å². The van der Waals surface area contributed by atoms with Crippen LogP contribution in [0.5, 0.6) is 0 Å². The Balaban J connectivity index is 1.90. The van der Waals surface area contributed by atoms with Crippen molar-refractivity contribution in [3.05, 3.63) is 70.5 Å². The standard InChI is InChI=1S/C20H22ClFN2O2/c1-13(2)18(24-19(25)15-5-9-17(22)10-6-15)20(26)23-12-11-14-3-7-16(21)8-4-14/h3-10,13,18H,11-12H2,1-2H3,(H,23,26)(H,24,25). The summed E-state index contributed by atoms with van der Waals surface area (Å²) < 4.78 is 13.0. The molecule has 138 valence electrons. The van der Waals surface area contributed by atoms with Gasteiger partial charge in [-0.05, 0) is 54.3 Å². The first-order valence-corrected chi connectivity index (χ1v) is 8.83. The SMILES string of the molecule is CC(C)C(NC(=O)c1ccc(F)cc1)C(=O)NCCc1ccc(Cl)cc1. The Kier molecular flexibility index (Phi) is 7.16. The van der Waals surface area contributed by atoms with Gasteiger partial charge in [0.15, 0.2) is 0 Å². The maximum Gasteiger partial charge on any atom is 0.251 e. The molecule has 1 unspecified atom stereocenters. The van der Waals surface area contributed by atoms with Crippen molar-refractivity contribution in [2.75, 3.05) is 6.54 Å². The van der Waals surface area contributed by atoms with E-state index >= 15 is 0 Å². The molecular weight excluding hydrogens is 355 g/mol. The van der Waals surface area contributed by atoms with Gasteiger partial charge in [0, 0.05) is 17.1 Å². The minimum atomic E-state index is -0.669. The van der Waals surface area contributed by atoms with Gasteiger partial charge in [0.25, 0.3) is 5.91 Å². The van der Waals surface area contributed by atoms with E-state index in [9.17, 15) is 14.0 Å². The van der Waals surface area contributed by atoms with E-state index in [4.69, 9.17) is 11.6 Å². The van der Waals surface area contributed by atoms with Crippen LogP contribution in [0.2, 0.25) is 5.02 Å². The fourth-order valence-corrected chi connectivity index (χ4v) is 2.58. The molecule has 6 heteroatoms. The Hall–Kier alpha value is -2.40. The van der Waals surface area contributed by atoms with Crippen molar-refractivity contribution in [2.45, 2.75) is 26.3 Å². The van der Waals surface area contributed by atoms with Gasteiger partial charge in [0.05, 0.1) is 0 Å². The molecule has 2 aromatic carbocycles. The summed E-state index contributed by atoms with van der Waals surface area (Å²) in [5.41, 5.74) is 1.37. The lowest BCUT2D eigenvalue weighted by Crippen LogP contribution is -2.50. The van der Waals surface area contributed by atoms with Crippen LogP contribution in [0.1, 0.15) is 29.8 Å². The summed E-state index contributed by atoms with van der Waals surface area (Å²) in [7, 11) is 0. The van der Waals surface area contributed by atoms with Crippen molar-refractivity contribution < 1.29 is 14.0 Å². The van der Waals surface area contributed by atoms with E-state index < -0.39 is 17.8 Å². The van der Waals surface area contributed by atoms with Crippen molar-refractivity contribution in [2.24, 2.45) is 5.92 Å². The predicted octanol–water partition coefficient (Wildman–Crippen LogP) is 3.59. The van der Waals surface area contributed by atoms with Crippen molar-refractivity contribution >= 4 is 23.4 Å². The molecule has 2 aromatic rings. The lowest BCUT2D eigenvalue weighted by molar-refractivity contribution is -0.123. The summed E-state index contributed by atoms with van der Waals surface area (Å²) in [5.74, 6) is -1.15. The van der Waals surface area contributed by atoms with Gasteiger partial charge < -0.3 is 10.6 Å². The first-order valence-electron chi connectivity index (χ1n) is 8.45. The molecule has 0 radical (unpaired) electrons. The molecule has 2 N–H and O–H groups in total. The Labute approximate surface area is 157 Å². The molecule has 0 aromatic heterocycles. The number of hydrogen-bond acceptors (Lipinski definition) is 2. The fourth-order valence-electron chi connectivity index (χ4n) is 2.45. The quantitative estimate of drug-likeness (QED) is 0.775. The topological polar surface area (TPSA) is 58.2 Å². The van der Waals surface area contributed by atoms with Crippen LogP contribution >= 0.6 is 11.6 Å². The van der Waals surface area contributed by atoms with E-state index in [2.05, 4.69) is 10.6 Å². The molecule has 0 fully saturated rings. The van der Waals surface area contributed by atoms with E-state index in [-0.39, 0.29) is 11.8 Å². The maximum absolute atomic E-state index is 13.0. The molecule has 4 nitrogen and oxygen atoms in total. The first kappa shape index (κ1) is 19.9. The molecule has 2 amide bonds. The van der Waals surface area contributed by atoms with Crippen LogP contribution in [-0.4, -0.2) is 24.4 Å². The Morgan fingerprint density at radius 3 is 2.23 bits per heavy atom. The van der Waals surface area contributed by atoms with Crippen LogP contribution in [-0.2, 0) is 11.2 Å². The van der Waals surface area contributed by atoms with E-state index in [1.807, 2.05) is 26.0 Å². The zero-order valence-corrected chi connectivity index (χ0v) is 15.5. The van der Waals surface area contributed by atoms with Crippen LogP contribution in [0.15, 0.2) is 48.5 Å². The van der Waals surface area contributed by atoms with Crippen molar-refractivity contribution in [3.63, 3.8) is 0 Å². The average Bonchev–Trinajstić information content (AvgIpc) is 2.61. The molecule has 0 bridgehead atoms. The minimum absolute atomic E-state index is 0.0880. The lowest BCUT2D eigenvalue weighted by Gasteiger charge is -2.21. The van der Waals surface area contributed by atoms with Crippen LogP contribution in [0.4, 0.5) is 4.39 Å². The first-order chi connectivity index (χ1) is 12.4. The molecule has 0 aliphatic carbocycles. The van der Waals surface area contributed by atoms with Crippen LogP contribution in [0, 0.1) is 11.7 Å². The van der Waals surface area contributed by atoms with Crippen LogP contribution < -0.4 is 10.6 Å². The number of benzene rings is 2. The molecule has 0 saturated heterocycles. The molecular formula is C20H22ClFN2O2. The summed E-state index contributed by atoms with van der Waals surface area (Å²) in [5, 5.41) is 6.23. The highest BCUT2D eigenvalue weighted by atomic mass is 35.5. The zero-order valence-electron chi connectivity index (χ0n) is 14.8. The van der Waals surface area contributed by atoms with Gasteiger partial charge in [0.1, 0.15) is 11.9 Å². The highest BCUT2D eigenvalue weighted by Crippen LogP contribution is 2.10. The third-order valence-electron chi connectivity index (χ3n) is 3.97. The van der Waals surface area contributed by atoms with Gasteiger partial charge >= 0.3 is 0 Å². The average molecular weight is 377 g/mol. The predicted molar refractivity (Wildman–Crippen MR) is 101 cm³/mol. The third-order valence-corrected chi connectivity index (χ3v) is 4.22. The molecule has 0 aliphatic heterocycles. The largest absolute Gasteiger partial charge is 0.354 e. The highest BCUT2D eigenvalue weighted by molar-refractivity contribution is 6.30. The molecule has 0 spiro atoms. The summed E-state index contributed by atoms with van der Waals surface area (Å²) in [6.45, 7) is 4.17. The van der Waals surface area contributed by atoms with E-state index in [1.54, 1.807) is 12.1 Å². The number of rotatable bonds is 7. The summed E-state index contributed by atoms with van der Waals surface area (Å²) in [6, 6.07) is 12.0. The van der Waals surface area contributed by atoms with Gasteiger partial charge in [0.2, 0.25) is 5.91 Å². The molecule has 0 aliphatic rings. The molecule has 0 heterocycles. The van der Waals surface area contributed by atoms with E-state index in [0.717, 1.165) is 5.56 Å². The number of carbonyl (C=O) groups is 2. The maximum atomic E-state index is 13.0. The zero-order chi connectivity index (χ0) is 19.1. The minimum Gasteiger partial charge on any atom is -0.354 e. The number of amides is 2. The van der Waals surface area contributed by atoms with Gasteiger partial charge in [-0.3, -0.25) is 9.59 Å². The van der Waals surface area contributed by atoms with E-state index in [1.165, 1.54) is 24.3 Å². The second kappa shape index (κ2) is 9.34. The Morgan fingerprint density at radius 1 is 1.04 bits per heavy atom. The third kappa shape index (κ3) is 5.85. The normalized spacial score (nSPS) is 11.9. The Bertz CT molecular complexity index is 745. The van der Waals surface area contributed by atoms with Crippen LogP contribution in [0.25, 0.3) is 0 Å². The molecule has 26 heavy (non-hydrogen) atoms. The van der Waals surface area contributed by atoms with Gasteiger partial charge in [-0.2, -0.15) is 0 Å². The number of carbonyl (C=O) groups excluding carboxylic acids is 2.